The Kier molecular flexibility index (Phi) is 7.75. The van der Waals surface area contributed by atoms with E-state index >= 15 is 0 Å². The van der Waals surface area contributed by atoms with Crippen molar-refractivity contribution in [1.82, 2.24) is 4.90 Å². The van der Waals surface area contributed by atoms with Crippen molar-refractivity contribution in [2.75, 3.05) is 26.3 Å². The van der Waals surface area contributed by atoms with Crippen molar-refractivity contribution in [1.29, 1.82) is 0 Å². The molecule has 0 saturated carbocycles. The number of aliphatic hydroxyl groups is 1. The summed E-state index contributed by atoms with van der Waals surface area (Å²) in [5.41, 5.74) is 0.266. The molecule has 0 bridgehead atoms. The number of likely N-dealkylation sites (tertiary alicyclic amines) is 1. The summed E-state index contributed by atoms with van der Waals surface area (Å²) in [6.45, 7) is 5.84. The van der Waals surface area contributed by atoms with Crippen LogP contribution in [-0.2, 0) is 0 Å². The molecular weight excluding hydrogens is 279 g/mol. The first kappa shape index (κ1) is 18.0. The molecule has 1 aliphatic rings. The lowest BCUT2D eigenvalue weighted by molar-refractivity contribution is -0.00635. The van der Waals surface area contributed by atoms with Gasteiger partial charge in [-0.1, -0.05) is 20.3 Å². The first-order chi connectivity index (χ1) is 10.0. The fourth-order valence-corrected chi connectivity index (χ4v) is 2.29. The van der Waals surface area contributed by atoms with Crippen molar-refractivity contribution in [3.05, 3.63) is 35.4 Å². The average molecular weight is 303 g/mol. The Morgan fingerprint density at radius 3 is 2.19 bits per heavy atom. The van der Waals surface area contributed by atoms with Crippen molar-refractivity contribution in [3.8, 4) is 0 Å². The van der Waals surface area contributed by atoms with Crippen LogP contribution in [0.4, 0.5) is 13.2 Å². The maximum Gasteiger partial charge on any atom is 0.126 e. The van der Waals surface area contributed by atoms with Gasteiger partial charge in [0, 0.05) is 31.6 Å². The molecule has 21 heavy (non-hydrogen) atoms. The van der Waals surface area contributed by atoms with Crippen molar-refractivity contribution in [2.45, 2.75) is 32.8 Å². The molecule has 0 spiro atoms. The predicted molar refractivity (Wildman–Crippen MR) is 77.8 cm³/mol. The smallest absolute Gasteiger partial charge is 0.126 e. The van der Waals surface area contributed by atoms with Crippen LogP contribution in [0.2, 0.25) is 0 Å². The average Bonchev–Trinajstić information content (AvgIpc) is 2.36. The minimum Gasteiger partial charge on any atom is -0.388 e. The van der Waals surface area contributed by atoms with Crippen molar-refractivity contribution >= 4 is 0 Å². The summed E-state index contributed by atoms with van der Waals surface area (Å²) in [6, 6.07) is 3.08. The molecule has 5 heteroatoms. The summed E-state index contributed by atoms with van der Waals surface area (Å²) in [4.78, 5) is 2.02. The molecule has 0 aromatic heterocycles. The minimum atomic E-state index is -0.864. The van der Waals surface area contributed by atoms with Crippen LogP contribution in [0.15, 0.2) is 18.2 Å². The summed E-state index contributed by atoms with van der Waals surface area (Å²) >= 11 is 0. The van der Waals surface area contributed by atoms with E-state index in [1.54, 1.807) is 0 Å². The number of aliphatic hydroxyl groups excluding tert-OH is 1. The lowest BCUT2D eigenvalue weighted by atomic mass is 9.89. The van der Waals surface area contributed by atoms with Crippen LogP contribution in [0, 0.1) is 17.6 Å². The largest absolute Gasteiger partial charge is 0.388 e. The van der Waals surface area contributed by atoms with Crippen LogP contribution in [-0.4, -0.2) is 36.3 Å². The molecule has 120 valence electrons. The normalized spacial score (nSPS) is 16.9. The first-order valence-corrected chi connectivity index (χ1v) is 7.44. The molecule has 2 nitrogen and oxygen atoms in total. The molecule has 1 atom stereocenters. The number of alkyl halides is 1. The van der Waals surface area contributed by atoms with E-state index in [1.807, 2.05) is 4.90 Å². The van der Waals surface area contributed by atoms with E-state index < -0.39 is 17.7 Å². The van der Waals surface area contributed by atoms with Gasteiger partial charge < -0.3 is 10.0 Å². The topological polar surface area (TPSA) is 23.5 Å². The molecule has 1 saturated heterocycles. The zero-order valence-electron chi connectivity index (χ0n) is 12.7. The molecule has 1 N–H and O–H groups in total. The van der Waals surface area contributed by atoms with Gasteiger partial charge in [0.15, 0.2) is 0 Å². The number of benzene rings is 1. The third-order valence-corrected chi connectivity index (χ3v) is 3.27. The van der Waals surface area contributed by atoms with Crippen molar-refractivity contribution in [2.24, 2.45) is 5.92 Å². The van der Waals surface area contributed by atoms with Gasteiger partial charge in [0.25, 0.3) is 0 Å². The highest BCUT2D eigenvalue weighted by Gasteiger charge is 2.33. The van der Waals surface area contributed by atoms with E-state index in [0.717, 1.165) is 18.2 Å². The van der Waals surface area contributed by atoms with E-state index in [-0.39, 0.29) is 18.2 Å². The van der Waals surface area contributed by atoms with Gasteiger partial charge in [-0.25, -0.2) is 8.78 Å². The van der Waals surface area contributed by atoms with Crippen LogP contribution >= 0.6 is 0 Å². The van der Waals surface area contributed by atoms with E-state index in [9.17, 15) is 18.3 Å². The molecule has 0 amide bonds. The molecule has 1 aromatic rings. The van der Waals surface area contributed by atoms with Crippen LogP contribution in [0.25, 0.3) is 0 Å². The summed E-state index contributed by atoms with van der Waals surface area (Å²) in [5, 5.41) is 10.00. The van der Waals surface area contributed by atoms with Gasteiger partial charge in [0.1, 0.15) is 11.6 Å². The minimum absolute atomic E-state index is 0.0363. The Bertz CT molecular complexity index is 402. The van der Waals surface area contributed by atoms with Gasteiger partial charge in [0.2, 0.25) is 0 Å². The standard InChI is InChI=1S/C13H16F3NO.C3H8/c14-2-1-3-17-7-10(8-17)13(18)9-4-11(15)6-12(16)5-9;1-3-2/h4-6,10,13,18H,1-3,7-8H2;3H2,1-2H3. The first-order valence-electron chi connectivity index (χ1n) is 7.44. The monoisotopic (exact) mass is 303 g/mol. The maximum absolute atomic E-state index is 13.0. The highest BCUT2D eigenvalue weighted by atomic mass is 19.1. The Balaban J connectivity index is 0.000000677. The molecule has 2 rings (SSSR count). The van der Waals surface area contributed by atoms with Gasteiger partial charge in [-0.3, -0.25) is 4.39 Å². The summed E-state index contributed by atoms with van der Waals surface area (Å²) in [5.74, 6) is -1.40. The fraction of sp³-hybridized carbons (Fsp3) is 0.625. The molecule has 1 unspecified atom stereocenters. The number of hydrogen-bond donors (Lipinski definition) is 1. The lowest BCUT2D eigenvalue weighted by Gasteiger charge is -2.41. The van der Waals surface area contributed by atoms with Crippen molar-refractivity contribution in [3.63, 3.8) is 0 Å². The van der Waals surface area contributed by atoms with E-state index in [1.165, 1.54) is 6.42 Å². The molecule has 1 aromatic carbocycles. The molecular formula is C16H24F3NO. The van der Waals surface area contributed by atoms with E-state index in [4.69, 9.17) is 0 Å². The Hall–Kier alpha value is -1.07. The lowest BCUT2D eigenvalue weighted by Crippen LogP contribution is -2.49. The zero-order chi connectivity index (χ0) is 15.8. The molecule has 0 radical (unpaired) electrons. The van der Waals surface area contributed by atoms with Crippen LogP contribution in [0.1, 0.15) is 38.4 Å². The van der Waals surface area contributed by atoms with Gasteiger partial charge in [-0.15, -0.1) is 0 Å². The highest BCUT2D eigenvalue weighted by molar-refractivity contribution is 5.21. The Morgan fingerprint density at radius 1 is 1.19 bits per heavy atom. The number of rotatable bonds is 5. The number of nitrogens with zero attached hydrogens (tertiary/aromatic N) is 1. The Labute approximate surface area is 124 Å². The van der Waals surface area contributed by atoms with Gasteiger partial charge in [-0.2, -0.15) is 0 Å². The van der Waals surface area contributed by atoms with Gasteiger partial charge >= 0.3 is 0 Å². The SMILES string of the molecule is CCC.OC(c1cc(F)cc(F)c1)C1CN(CCCF)C1. The maximum atomic E-state index is 13.0. The second-order valence-corrected chi connectivity index (χ2v) is 5.42. The summed E-state index contributed by atoms with van der Waals surface area (Å²) in [6.07, 6.45) is 0.869. The van der Waals surface area contributed by atoms with E-state index in [2.05, 4.69) is 13.8 Å². The second-order valence-electron chi connectivity index (χ2n) is 5.42. The van der Waals surface area contributed by atoms with Crippen LogP contribution < -0.4 is 0 Å². The Morgan fingerprint density at radius 2 is 1.71 bits per heavy atom. The number of hydrogen-bond acceptors (Lipinski definition) is 2. The summed E-state index contributed by atoms with van der Waals surface area (Å²) in [7, 11) is 0. The molecule has 0 aliphatic carbocycles. The number of halogens is 3. The zero-order valence-corrected chi connectivity index (χ0v) is 12.7. The highest BCUT2D eigenvalue weighted by Crippen LogP contribution is 2.30. The predicted octanol–water partition coefficient (Wildman–Crippen LogP) is 3.71. The molecule has 1 heterocycles. The fourth-order valence-electron chi connectivity index (χ4n) is 2.29. The molecule has 1 fully saturated rings. The second kappa shape index (κ2) is 9.05. The van der Waals surface area contributed by atoms with Crippen molar-refractivity contribution < 1.29 is 18.3 Å². The summed E-state index contributed by atoms with van der Waals surface area (Å²) < 4.78 is 38.0. The van der Waals surface area contributed by atoms with Crippen LogP contribution in [0.5, 0.6) is 0 Å². The molecule has 1 aliphatic heterocycles. The third-order valence-electron chi connectivity index (χ3n) is 3.27. The van der Waals surface area contributed by atoms with Gasteiger partial charge in [-0.05, 0) is 24.1 Å². The van der Waals surface area contributed by atoms with E-state index in [0.29, 0.717) is 26.1 Å². The van der Waals surface area contributed by atoms with Gasteiger partial charge in [0.05, 0.1) is 12.8 Å². The third kappa shape index (κ3) is 5.67. The quantitative estimate of drug-likeness (QED) is 0.896. The van der Waals surface area contributed by atoms with Crippen LogP contribution in [0.3, 0.4) is 0 Å².